The van der Waals surface area contributed by atoms with Gasteiger partial charge in [-0.25, -0.2) is 4.98 Å². The third kappa shape index (κ3) is 3.37. The van der Waals surface area contributed by atoms with E-state index in [1.807, 2.05) is 6.92 Å². The van der Waals surface area contributed by atoms with E-state index in [1.54, 1.807) is 0 Å². The zero-order valence-corrected chi connectivity index (χ0v) is 13.8. The van der Waals surface area contributed by atoms with Crippen LogP contribution in [0.25, 0.3) is 0 Å². The highest BCUT2D eigenvalue weighted by Crippen LogP contribution is 2.25. The number of aryl methyl sites for hydroxylation is 3. The minimum absolute atomic E-state index is 0.175. The Morgan fingerprint density at radius 2 is 1.55 bits per heavy atom. The molecule has 0 spiro atoms. The van der Waals surface area contributed by atoms with Gasteiger partial charge in [-0.1, -0.05) is 41.2 Å². The second kappa shape index (κ2) is 5.69. The molecule has 2 aromatic rings. The summed E-state index contributed by atoms with van der Waals surface area (Å²) in [5.41, 5.74) is 16.2. The van der Waals surface area contributed by atoms with E-state index in [0.717, 1.165) is 0 Å². The van der Waals surface area contributed by atoms with Gasteiger partial charge in [0.2, 0.25) is 5.95 Å². The van der Waals surface area contributed by atoms with E-state index >= 15 is 0 Å². The van der Waals surface area contributed by atoms with Crippen LogP contribution in [0.1, 0.15) is 41.8 Å². The number of benzene rings is 1. The van der Waals surface area contributed by atoms with E-state index in [0.29, 0.717) is 17.1 Å². The first kappa shape index (κ1) is 15.8. The fourth-order valence-corrected chi connectivity index (χ4v) is 2.40. The van der Waals surface area contributed by atoms with Crippen LogP contribution in [0, 0.1) is 32.6 Å². The van der Waals surface area contributed by atoms with Gasteiger partial charge in [0, 0.05) is 0 Å². The number of nitrogens with two attached hydrogens (primary N) is 2. The molecule has 0 unspecified atom stereocenters. The van der Waals surface area contributed by atoms with Gasteiger partial charge < -0.3 is 11.5 Å². The lowest BCUT2D eigenvalue weighted by Gasteiger charge is -2.19. The first-order valence-corrected chi connectivity index (χ1v) is 7.20. The van der Waals surface area contributed by atoms with Gasteiger partial charge in [-0.2, -0.15) is 4.98 Å². The summed E-state index contributed by atoms with van der Waals surface area (Å²) in [5, 5.41) is 0. The summed E-state index contributed by atoms with van der Waals surface area (Å²) in [5.74, 6) is 6.93. The molecule has 1 aromatic carbocycles. The van der Waals surface area contributed by atoms with Crippen molar-refractivity contribution in [3.05, 3.63) is 46.1 Å². The first-order chi connectivity index (χ1) is 10.2. The molecule has 0 aliphatic carbocycles. The van der Waals surface area contributed by atoms with Crippen molar-refractivity contribution in [3.63, 3.8) is 0 Å². The minimum Gasteiger partial charge on any atom is -0.382 e. The molecule has 4 N–H and O–H groups in total. The molecule has 0 fully saturated rings. The van der Waals surface area contributed by atoms with Crippen molar-refractivity contribution < 1.29 is 0 Å². The highest BCUT2D eigenvalue weighted by atomic mass is 15.0. The lowest BCUT2D eigenvalue weighted by atomic mass is 9.83. The summed E-state index contributed by atoms with van der Waals surface area (Å²) in [6.07, 6.45) is 0. The summed E-state index contributed by atoms with van der Waals surface area (Å²) >= 11 is 0. The predicted molar refractivity (Wildman–Crippen MR) is 91.4 cm³/mol. The SMILES string of the molecule is Cc1cc(C)cc(C(C)(C)C#Cc2c(C)nc(N)nc2N)c1. The molecule has 4 nitrogen and oxygen atoms in total. The average molecular weight is 294 g/mol. The fraction of sp³-hybridized carbons (Fsp3) is 0.333. The molecule has 0 saturated heterocycles. The smallest absolute Gasteiger partial charge is 0.222 e. The van der Waals surface area contributed by atoms with Crippen LogP contribution in [0.15, 0.2) is 18.2 Å². The molecule has 0 aliphatic heterocycles. The van der Waals surface area contributed by atoms with E-state index in [1.165, 1.54) is 16.7 Å². The minimum atomic E-state index is -0.295. The van der Waals surface area contributed by atoms with E-state index in [-0.39, 0.29) is 11.4 Å². The maximum atomic E-state index is 5.90. The number of anilines is 2. The van der Waals surface area contributed by atoms with Gasteiger partial charge in [-0.3, -0.25) is 0 Å². The lowest BCUT2D eigenvalue weighted by molar-refractivity contribution is 0.696. The Morgan fingerprint density at radius 1 is 0.955 bits per heavy atom. The molecule has 0 atom stereocenters. The molecule has 1 aromatic heterocycles. The van der Waals surface area contributed by atoms with Crippen molar-refractivity contribution in [2.75, 3.05) is 11.5 Å². The number of hydrogen-bond donors (Lipinski definition) is 2. The second-order valence-corrected chi connectivity index (χ2v) is 6.18. The van der Waals surface area contributed by atoms with Crippen LogP contribution >= 0.6 is 0 Å². The standard InChI is InChI=1S/C18H22N4/c1-11-8-12(2)10-14(9-11)18(4,5)7-6-15-13(3)21-17(20)22-16(15)19/h8-10H,1-5H3,(H4,19,20,21,22). The topological polar surface area (TPSA) is 77.8 Å². The number of aromatic nitrogens is 2. The number of nitrogens with zero attached hydrogens (tertiary/aromatic N) is 2. The zero-order chi connectivity index (χ0) is 16.5. The van der Waals surface area contributed by atoms with Crippen LogP contribution in [0.5, 0.6) is 0 Å². The van der Waals surface area contributed by atoms with Crippen LogP contribution in [-0.2, 0) is 5.41 Å². The number of rotatable bonds is 1. The van der Waals surface area contributed by atoms with Crippen molar-refractivity contribution in [2.45, 2.75) is 40.0 Å². The van der Waals surface area contributed by atoms with Gasteiger partial charge in [0.05, 0.1) is 16.7 Å². The van der Waals surface area contributed by atoms with Crippen LogP contribution in [-0.4, -0.2) is 9.97 Å². The summed E-state index contributed by atoms with van der Waals surface area (Å²) < 4.78 is 0. The molecule has 0 saturated carbocycles. The largest absolute Gasteiger partial charge is 0.382 e. The Labute approximate surface area is 132 Å². The van der Waals surface area contributed by atoms with Crippen molar-refractivity contribution in [1.29, 1.82) is 0 Å². The van der Waals surface area contributed by atoms with Crippen LogP contribution < -0.4 is 11.5 Å². The Balaban J connectivity index is 2.46. The number of nitrogen functional groups attached to an aromatic ring is 2. The molecule has 2 rings (SSSR count). The van der Waals surface area contributed by atoms with E-state index in [4.69, 9.17) is 11.5 Å². The van der Waals surface area contributed by atoms with Gasteiger partial charge in [0.15, 0.2) is 0 Å². The Morgan fingerprint density at radius 3 is 2.09 bits per heavy atom. The number of hydrogen-bond acceptors (Lipinski definition) is 4. The van der Waals surface area contributed by atoms with Crippen LogP contribution in [0.4, 0.5) is 11.8 Å². The van der Waals surface area contributed by atoms with Gasteiger partial charge in [-0.15, -0.1) is 0 Å². The van der Waals surface area contributed by atoms with E-state index < -0.39 is 0 Å². The first-order valence-electron chi connectivity index (χ1n) is 7.20. The quantitative estimate of drug-likeness (QED) is 0.793. The highest BCUT2D eigenvalue weighted by molar-refractivity contribution is 5.56. The van der Waals surface area contributed by atoms with Crippen LogP contribution in [0.2, 0.25) is 0 Å². The van der Waals surface area contributed by atoms with Gasteiger partial charge >= 0.3 is 0 Å². The Bertz CT molecular complexity index is 736. The van der Waals surface area contributed by atoms with Gasteiger partial charge in [0.25, 0.3) is 0 Å². The van der Waals surface area contributed by atoms with Crippen molar-refractivity contribution >= 4 is 11.8 Å². The predicted octanol–water partition coefficient (Wildman–Crippen LogP) is 2.90. The molecule has 22 heavy (non-hydrogen) atoms. The van der Waals surface area contributed by atoms with Crippen molar-refractivity contribution in [1.82, 2.24) is 9.97 Å². The molecule has 114 valence electrons. The summed E-state index contributed by atoms with van der Waals surface area (Å²) in [7, 11) is 0. The average Bonchev–Trinajstić information content (AvgIpc) is 2.36. The molecular weight excluding hydrogens is 272 g/mol. The van der Waals surface area contributed by atoms with Crippen molar-refractivity contribution in [3.8, 4) is 11.8 Å². The van der Waals surface area contributed by atoms with E-state index in [9.17, 15) is 0 Å². The summed E-state index contributed by atoms with van der Waals surface area (Å²) in [4.78, 5) is 8.10. The summed E-state index contributed by atoms with van der Waals surface area (Å²) in [6, 6.07) is 6.48. The molecule has 0 bridgehead atoms. The second-order valence-electron chi connectivity index (χ2n) is 6.18. The third-order valence-corrected chi connectivity index (χ3v) is 3.58. The zero-order valence-electron chi connectivity index (χ0n) is 13.8. The Hall–Kier alpha value is -2.54. The highest BCUT2D eigenvalue weighted by Gasteiger charge is 2.18. The van der Waals surface area contributed by atoms with Crippen LogP contribution in [0.3, 0.4) is 0 Å². The van der Waals surface area contributed by atoms with Crippen molar-refractivity contribution in [2.24, 2.45) is 0 Å². The molecule has 4 heteroatoms. The maximum absolute atomic E-state index is 5.90. The van der Waals surface area contributed by atoms with Gasteiger partial charge in [0.1, 0.15) is 5.82 Å². The normalized spacial score (nSPS) is 11.0. The third-order valence-electron chi connectivity index (χ3n) is 3.58. The lowest BCUT2D eigenvalue weighted by Crippen LogP contribution is -2.15. The fourth-order valence-electron chi connectivity index (χ4n) is 2.40. The molecular formula is C18H22N4. The van der Waals surface area contributed by atoms with Gasteiger partial charge in [-0.05, 0) is 40.2 Å². The summed E-state index contributed by atoms with van der Waals surface area (Å²) in [6.45, 7) is 10.2. The molecule has 1 heterocycles. The molecule has 0 amide bonds. The molecule has 0 radical (unpaired) electrons. The maximum Gasteiger partial charge on any atom is 0.222 e. The van der Waals surface area contributed by atoms with E-state index in [2.05, 4.69) is 67.7 Å². The Kier molecular flexibility index (Phi) is 4.09. The monoisotopic (exact) mass is 294 g/mol. The molecule has 0 aliphatic rings.